The van der Waals surface area contributed by atoms with E-state index in [0.717, 1.165) is 34.6 Å². The summed E-state index contributed by atoms with van der Waals surface area (Å²) in [4.78, 5) is 18.5. The van der Waals surface area contributed by atoms with Crippen LogP contribution in [0.4, 0.5) is 11.4 Å². The van der Waals surface area contributed by atoms with Gasteiger partial charge >= 0.3 is 0 Å². The summed E-state index contributed by atoms with van der Waals surface area (Å²) in [5.74, 6) is 0.0399. The van der Waals surface area contributed by atoms with Crippen LogP contribution in [0.3, 0.4) is 0 Å². The number of pyridine rings is 1. The van der Waals surface area contributed by atoms with Crippen LogP contribution in [0.15, 0.2) is 73.1 Å². The van der Waals surface area contributed by atoms with Gasteiger partial charge in [-0.3, -0.25) is 14.7 Å². The molecule has 0 saturated carbocycles. The van der Waals surface area contributed by atoms with E-state index < -0.39 is 6.23 Å². The van der Waals surface area contributed by atoms with Crippen molar-refractivity contribution in [2.75, 3.05) is 17.3 Å². The highest BCUT2D eigenvalue weighted by atomic mass is 16.5. The summed E-state index contributed by atoms with van der Waals surface area (Å²) in [5.41, 5.74) is 5.06. The van der Waals surface area contributed by atoms with Gasteiger partial charge in [-0.2, -0.15) is 0 Å². The molecule has 1 aliphatic heterocycles. The predicted octanol–water partition coefficient (Wildman–Crippen LogP) is 3.93. The van der Waals surface area contributed by atoms with E-state index in [-0.39, 0.29) is 5.91 Å². The normalized spacial score (nSPS) is 16.1. The van der Waals surface area contributed by atoms with Crippen LogP contribution >= 0.6 is 0 Å². The zero-order valence-electron chi connectivity index (χ0n) is 15.1. The van der Waals surface area contributed by atoms with Crippen LogP contribution in [0.2, 0.25) is 0 Å². The Morgan fingerprint density at radius 1 is 1.07 bits per heavy atom. The molecule has 0 fully saturated rings. The molecule has 5 heteroatoms. The Balaban J connectivity index is 1.53. The maximum Gasteiger partial charge on any atom is 0.233 e. The lowest BCUT2D eigenvalue weighted by Gasteiger charge is -2.36. The average Bonchev–Trinajstić information content (AvgIpc) is 2.72. The van der Waals surface area contributed by atoms with Gasteiger partial charge in [-0.25, -0.2) is 0 Å². The zero-order valence-corrected chi connectivity index (χ0v) is 15.1. The van der Waals surface area contributed by atoms with E-state index in [1.807, 2.05) is 60.7 Å². The van der Waals surface area contributed by atoms with Gasteiger partial charge in [0.2, 0.25) is 5.91 Å². The minimum absolute atomic E-state index is 0.0399. The number of anilines is 2. The third kappa shape index (κ3) is 3.55. The molecule has 0 aliphatic carbocycles. The van der Waals surface area contributed by atoms with Gasteiger partial charge in [0.15, 0.2) is 6.23 Å². The van der Waals surface area contributed by atoms with Crippen molar-refractivity contribution < 1.29 is 9.53 Å². The summed E-state index contributed by atoms with van der Waals surface area (Å²) < 4.78 is 5.67. The van der Waals surface area contributed by atoms with Crippen molar-refractivity contribution in [2.24, 2.45) is 0 Å². The lowest BCUT2D eigenvalue weighted by Crippen LogP contribution is -2.41. The smallest absolute Gasteiger partial charge is 0.233 e. The van der Waals surface area contributed by atoms with Crippen molar-refractivity contribution in [1.82, 2.24) is 4.98 Å². The van der Waals surface area contributed by atoms with Crippen molar-refractivity contribution in [3.8, 4) is 0 Å². The molecule has 27 heavy (non-hydrogen) atoms. The summed E-state index contributed by atoms with van der Waals surface area (Å²) in [5, 5.41) is 3.38. The molecule has 1 unspecified atom stereocenters. The zero-order chi connectivity index (χ0) is 18.6. The molecule has 1 atom stereocenters. The van der Waals surface area contributed by atoms with Crippen LogP contribution in [0.5, 0.6) is 0 Å². The Hall–Kier alpha value is -3.18. The van der Waals surface area contributed by atoms with Crippen LogP contribution in [0.1, 0.15) is 22.9 Å². The number of methoxy groups -OCH3 is 1. The Morgan fingerprint density at radius 3 is 2.56 bits per heavy atom. The fourth-order valence-corrected chi connectivity index (χ4v) is 3.41. The molecule has 0 spiro atoms. The molecule has 0 radical (unpaired) electrons. The average molecular weight is 359 g/mol. The van der Waals surface area contributed by atoms with Gasteiger partial charge in [0, 0.05) is 43.0 Å². The number of benzene rings is 2. The van der Waals surface area contributed by atoms with Crippen LogP contribution in [-0.2, 0) is 22.5 Å². The molecule has 0 bridgehead atoms. The first-order valence-electron chi connectivity index (χ1n) is 8.92. The Bertz CT molecular complexity index is 926. The van der Waals surface area contributed by atoms with E-state index in [9.17, 15) is 4.79 Å². The SMILES string of the molecule is COC1c2ccccc2CC(=O)N1c1ccc(NCc2ccncc2)cc1. The summed E-state index contributed by atoms with van der Waals surface area (Å²) >= 11 is 0. The fraction of sp³-hybridized carbons (Fsp3) is 0.182. The molecule has 3 aromatic rings. The van der Waals surface area contributed by atoms with Gasteiger partial charge in [-0.15, -0.1) is 0 Å². The number of aromatic nitrogens is 1. The van der Waals surface area contributed by atoms with E-state index in [1.165, 1.54) is 0 Å². The highest BCUT2D eigenvalue weighted by molar-refractivity contribution is 5.97. The van der Waals surface area contributed by atoms with Gasteiger partial charge in [-0.1, -0.05) is 24.3 Å². The van der Waals surface area contributed by atoms with Gasteiger partial charge in [-0.05, 0) is 47.5 Å². The molecule has 4 rings (SSSR count). The van der Waals surface area contributed by atoms with E-state index in [1.54, 1.807) is 24.4 Å². The van der Waals surface area contributed by atoms with Gasteiger partial charge in [0.1, 0.15) is 0 Å². The number of rotatable bonds is 5. The largest absolute Gasteiger partial charge is 0.381 e. The number of ether oxygens (including phenoxy) is 1. The van der Waals surface area contributed by atoms with Gasteiger partial charge in [0.05, 0.1) is 6.42 Å². The molecule has 1 aromatic heterocycles. The summed E-state index contributed by atoms with van der Waals surface area (Å²) in [6.07, 6.45) is 3.55. The van der Waals surface area contributed by atoms with Crippen molar-refractivity contribution in [3.05, 3.63) is 89.7 Å². The predicted molar refractivity (Wildman–Crippen MR) is 105 cm³/mol. The monoisotopic (exact) mass is 359 g/mol. The molecule has 2 heterocycles. The Kier molecular flexibility index (Phi) is 4.85. The van der Waals surface area contributed by atoms with Crippen molar-refractivity contribution in [3.63, 3.8) is 0 Å². The standard InChI is InChI=1S/C22H21N3O2/c1-27-22-20-5-3-2-4-17(20)14-21(26)25(22)19-8-6-18(7-9-19)24-15-16-10-12-23-13-11-16/h2-13,22,24H,14-15H2,1H3. The molecule has 5 nitrogen and oxygen atoms in total. The number of amides is 1. The first-order valence-corrected chi connectivity index (χ1v) is 8.92. The lowest BCUT2D eigenvalue weighted by atomic mass is 9.97. The van der Waals surface area contributed by atoms with E-state index in [4.69, 9.17) is 4.74 Å². The maximum absolute atomic E-state index is 12.7. The number of nitrogens with zero attached hydrogens (tertiary/aromatic N) is 2. The maximum atomic E-state index is 12.7. The molecule has 1 N–H and O–H groups in total. The molecule has 1 amide bonds. The highest BCUT2D eigenvalue weighted by Crippen LogP contribution is 2.35. The summed E-state index contributed by atoms with van der Waals surface area (Å²) in [6.45, 7) is 0.721. The third-order valence-electron chi connectivity index (χ3n) is 4.78. The van der Waals surface area contributed by atoms with Crippen LogP contribution in [0, 0.1) is 0 Å². The third-order valence-corrected chi connectivity index (χ3v) is 4.78. The fourth-order valence-electron chi connectivity index (χ4n) is 3.41. The topological polar surface area (TPSA) is 54.5 Å². The molecule has 0 saturated heterocycles. The second-order valence-electron chi connectivity index (χ2n) is 6.48. The van der Waals surface area contributed by atoms with Crippen molar-refractivity contribution in [2.45, 2.75) is 19.2 Å². The van der Waals surface area contributed by atoms with Crippen LogP contribution in [0.25, 0.3) is 0 Å². The molecular weight excluding hydrogens is 338 g/mol. The Morgan fingerprint density at radius 2 is 1.81 bits per heavy atom. The van der Waals surface area contributed by atoms with E-state index >= 15 is 0 Å². The molecule has 1 aliphatic rings. The minimum atomic E-state index is -0.405. The van der Waals surface area contributed by atoms with Gasteiger partial charge in [0.25, 0.3) is 0 Å². The lowest BCUT2D eigenvalue weighted by molar-refractivity contribution is -0.121. The van der Waals surface area contributed by atoms with E-state index in [2.05, 4.69) is 10.3 Å². The number of carbonyl (C=O) groups is 1. The minimum Gasteiger partial charge on any atom is -0.381 e. The number of hydrogen-bond donors (Lipinski definition) is 1. The van der Waals surface area contributed by atoms with Crippen molar-refractivity contribution in [1.29, 1.82) is 0 Å². The number of carbonyl (C=O) groups excluding carboxylic acids is 1. The summed E-state index contributed by atoms with van der Waals surface area (Å²) in [7, 11) is 1.64. The molecule has 2 aromatic carbocycles. The summed E-state index contributed by atoms with van der Waals surface area (Å²) in [6, 6.07) is 19.8. The highest BCUT2D eigenvalue weighted by Gasteiger charge is 2.33. The number of fused-ring (bicyclic) bond motifs is 1. The quantitative estimate of drug-likeness (QED) is 0.750. The first kappa shape index (κ1) is 17.2. The number of nitrogens with one attached hydrogen (secondary N) is 1. The second kappa shape index (κ2) is 7.60. The Labute approximate surface area is 158 Å². The van der Waals surface area contributed by atoms with E-state index in [0.29, 0.717) is 6.42 Å². The number of hydrogen-bond acceptors (Lipinski definition) is 4. The molecule has 136 valence electrons. The first-order chi connectivity index (χ1) is 13.3. The van der Waals surface area contributed by atoms with Crippen molar-refractivity contribution >= 4 is 17.3 Å². The molecular formula is C22H21N3O2. The van der Waals surface area contributed by atoms with Crippen LogP contribution < -0.4 is 10.2 Å². The van der Waals surface area contributed by atoms with Crippen LogP contribution in [-0.4, -0.2) is 18.0 Å². The second-order valence-corrected chi connectivity index (χ2v) is 6.48. The van der Waals surface area contributed by atoms with Gasteiger partial charge < -0.3 is 10.1 Å².